The maximum absolute atomic E-state index is 11.5. The quantitative estimate of drug-likeness (QED) is 0.723. The molecule has 0 spiro atoms. The molecule has 0 heterocycles. The molecular formula is C11H24N2OS. The van der Waals surface area contributed by atoms with Crippen LogP contribution in [-0.2, 0) is 4.79 Å². The van der Waals surface area contributed by atoms with Crippen molar-refractivity contribution in [3.63, 3.8) is 0 Å². The van der Waals surface area contributed by atoms with E-state index >= 15 is 0 Å². The number of carbonyl (C=O) groups excluding carboxylic acids is 1. The van der Waals surface area contributed by atoms with E-state index in [0.29, 0.717) is 12.5 Å². The summed E-state index contributed by atoms with van der Waals surface area (Å²) in [5, 5.41) is 3.48. The third kappa shape index (κ3) is 6.79. The summed E-state index contributed by atoms with van der Waals surface area (Å²) in [5.74, 6) is 1.30. The minimum Gasteiger partial charge on any atom is -0.349 e. The zero-order valence-electron chi connectivity index (χ0n) is 10.5. The molecule has 0 rings (SSSR count). The number of carbonyl (C=O) groups is 1. The van der Waals surface area contributed by atoms with Gasteiger partial charge in [0.1, 0.15) is 0 Å². The van der Waals surface area contributed by atoms with Crippen LogP contribution in [0.25, 0.3) is 0 Å². The van der Waals surface area contributed by atoms with Crippen LogP contribution in [0.1, 0.15) is 26.7 Å². The second-order valence-corrected chi connectivity index (χ2v) is 5.03. The average Bonchev–Trinajstić information content (AvgIpc) is 2.16. The van der Waals surface area contributed by atoms with Gasteiger partial charge in [-0.15, -0.1) is 0 Å². The van der Waals surface area contributed by atoms with Gasteiger partial charge < -0.3 is 10.2 Å². The molecule has 0 aromatic heterocycles. The number of hydrogen-bond acceptors (Lipinski definition) is 3. The van der Waals surface area contributed by atoms with Gasteiger partial charge in [-0.1, -0.05) is 6.92 Å². The molecule has 90 valence electrons. The first-order valence-electron chi connectivity index (χ1n) is 5.46. The Morgan fingerprint density at radius 2 is 2.07 bits per heavy atom. The molecule has 2 atom stereocenters. The molecular weight excluding hydrogens is 208 g/mol. The second kappa shape index (κ2) is 7.99. The smallest absolute Gasteiger partial charge is 0.223 e. The fourth-order valence-corrected chi connectivity index (χ4v) is 2.13. The number of nitrogens with zero attached hydrogens (tertiary/aromatic N) is 1. The predicted molar refractivity (Wildman–Crippen MR) is 68.4 cm³/mol. The normalized spacial score (nSPS) is 14.7. The van der Waals surface area contributed by atoms with Crippen molar-refractivity contribution in [3.05, 3.63) is 0 Å². The first-order chi connectivity index (χ1) is 7.01. The first kappa shape index (κ1) is 14.8. The zero-order valence-corrected chi connectivity index (χ0v) is 11.4. The zero-order chi connectivity index (χ0) is 11.8. The Morgan fingerprint density at radius 3 is 2.47 bits per heavy atom. The number of nitrogens with one attached hydrogen (secondary N) is 1. The van der Waals surface area contributed by atoms with E-state index in [-0.39, 0.29) is 11.9 Å². The molecule has 3 nitrogen and oxygen atoms in total. The predicted octanol–water partition coefficient (Wildman–Crippen LogP) is 1.58. The summed E-state index contributed by atoms with van der Waals surface area (Å²) in [4.78, 5) is 13.1. The molecule has 15 heavy (non-hydrogen) atoms. The van der Waals surface area contributed by atoms with Gasteiger partial charge >= 0.3 is 0 Å². The van der Waals surface area contributed by atoms with Gasteiger partial charge in [0, 0.05) is 38.4 Å². The Kier molecular flexibility index (Phi) is 7.88. The van der Waals surface area contributed by atoms with Crippen LogP contribution in [-0.4, -0.2) is 49.0 Å². The Hall–Kier alpha value is -0.220. The lowest BCUT2D eigenvalue weighted by molar-refractivity contribution is -0.129. The highest BCUT2D eigenvalue weighted by molar-refractivity contribution is 7.98. The van der Waals surface area contributed by atoms with Crippen molar-refractivity contribution >= 4 is 17.7 Å². The van der Waals surface area contributed by atoms with Gasteiger partial charge in [0.25, 0.3) is 0 Å². The highest BCUT2D eigenvalue weighted by atomic mass is 32.2. The highest BCUT2D eigenvalue weighted by Gasteiger charge is 2.13. The van der Waals surface area contributed by atoms with E-state index in [2.05, 4.69) is 25.4 Å². The fraction of sp³-hybridized carbons (Fsp3) is 0.909. The Morgan fingerprint density at radius 1 is 1.47 bits per heavy atom. The van der Waals surface area contributed by atoms with Crippen LogP contribution < -0.4 is 5.32 Å². The van der Waals surface area contributed by atoms with Gasteiger partial charge in [0.05, 0.1) is 0 Å². The molecule has 1 amide bonds. The Labute approximate surface area is 98.0 Å². The minimum atomic E-state index is 0.189. The number of thioether (sulfide) groups is 1. The third-order valence-corrected chi connectivity index (χ3v) is 3.10. The molecule has 0 aliphatic carbocycles. The minimum absolute atomic E-state index is 0.189. The summed E-state index contributed by atoms with van der Waals surface area (Å²) in [5.41, 5.74) is 0. The monoisotopic (exact) mass is 232 g/mol. The van der Waals surface area contributed by atoms with Crippen LogP contribution in [0.2, 0.25) is 0 Å². The van der Waals surface area contributed by atoms with Crippen molar-refractivity contribution in [2.45, 2.75) is 38.8 Å². The van der Waals surface area contributed by atoms with Crippen LogP contribution in [0.5, 0.6) is 0 Å². The first-order valence-corrected chi connectivity index (χ1v) is 6.85. The van der Waals surface area contributed by atoms with Crippen LogP contribution in [0.4, 0.5) is 0 Å². The van der Waals surface area contributed by atoms with Crippen LogP contribution in [0, 0.1) is 0 Å². The molecule has 4 heteroatoms. The van der Waals surface area contributed by atoms with E-state index < -0.39 is 0 Å². The number of amides is 1. The van der Waals surface area contributed by atoms with Crippen molar-refractivity contribution in [3.8, 4) is 0 Å². The van der Waals surface area contributed by atoms with Crippen molar-refractivity contribution in [2.75, 3.05) is 26.1 Å². The molecule has 1 N–H and O–H groups in total. The summed E-state index contributed by atoms with van der Waals surface area (Å²) in [6.45, 7) is 4.25. The molecule has 0 saturated heterocycles. The summed E-state index contributed by atoms with van der Waals surface area (Å²) < 4.78 is 0. The van der Waals surface area contributed by atoms with Gasteiger partial charge in [-0.2, -0.15) is 11.8 Å². The Balaban J connectivity index is 3.89. The summed E-state index contributed by atoms with van der Waals surface area (Å²) in [6, 6.07) is 0.780. The summed E-state index contributed by atoms with van der Waals surface area (Å²) in [7, 11) is 3.60. The second-order valence-electron chi connectivity index (χ2n) is 4.12. The van der Waals surface area contributed by atoms with Gasteiger partial charge in [-0.05, 0) is 19.6 Å². The molecule has 0 aliphatic heterocycles. The van der Waals surface area contributed by atoms with E-state index in [1.54, 1.807) is 19.0 Å². The summed E-state index contributed by atoms with van der Waals surface area (Å²) >= 11 is 1.84. The maximum Gasteiger partial charge on any atom is 0.223 e. The fourth-order valence-electron chi connectivity index (χ4n) is 1.39. The third-order valence-electron chi connectivity index (χ3n) is 2.36. The van der Waals surface area contributed by atoms with E-state index in [1.165, 1.54) is 0 Å². The van der Waals surface area contributed by atoms with Crippen LogP contribution in [0.15, 0.2) is 0 Å². The number of rotatable bonds is 7. The average molecular weight is 232 g/mol. The largest absolute Gasteiger partial charge is 0.349 e. The van der Waals surface area contributed by atoms with E-state index in [4.69, 9.17) is 0 Å². The topological polar surface area (TPSA) is 32.3 Å². The van der Waals surface area contributed by atoms with E-state index in [9.17, 15) is 4.79 Å². The lowest BCUT2D eigenvalue weighted by Gasteiger charge is -2.22. The standard InChI is InChI=1S/C11H24N2OS/c1-6-10(8-15-5)12-9(2)7-11(14)13(3)4/h9-10,12H,6-8H2,1-5H3. The molecule has 0 bridgehead atoms. The maximum atomic E-state index is 11.5. The van der Waals surface area contributed by atoms with E-state index in [0.717, 1.165) is 12.2 Å². The molecule has 0 aromatic rings. The lowest BCUT2D eigenvalue weighted by atomic mass is 10.1. The summed E-state index contributed by atoms with van der Waals surface area (Å²) in [6.07, 6.45) is 3.80. The molecule has 0 aromatic carbocycles. The van der Waals surface area contributed by atoms with E-state index in [1.807, 2.05) is 11.8 Å². The van der Waals surface area contributed by atoms with Gasteiger partial charge in [0.15, 0.2) is 0 Å². The van der Waals surface area contributed by atoms with Gasteiger partial charge in [0.2, 0.25) is 5.91 Å². The van der Waals surface area contributed by atoms with Crippen molar-refractivity contribution < 1.29 is 4.79 Å². The molecule has 0 saturated carbocycles. The molecule has 0 aliphatic rings. The number of hydrogen-bond donors (Lipinski definition) is 1. The lowest BCUT2D eigenvalue weighted by Crippen LogP contribution is -2.40. The van der Waals surface area contributed by atoms with Crippen molar-refractivity contribution in [1.82, 2.24) is 10.2 Å². The molecule has 0 radical (unpaired) electrons. The van der Waals surface area contributed by atoms with Crippen molar-refractivity contribution in [2.24, 2.45) is 0 Å². The van der Waals surface area contributed by atoms with Crippen molar-refractivity contribution in [1.29, 1.82) is 0 Å². The van der Waals surface area contributed by atoms with Crippen LogP contribution in [0.3, 0.4) is 0 Å². The molecule has 0 fully saturated rings. The van der Waals surface area contributed by atoms with Gasteiger partial charge in [-0.3, -0.25) is 4.79 Å². The van der Waals surface area contributed by atoms with Gasteiger partial charge in [-0.25, -0.2) is 0 Å². The highest BCUT2D eigenvalue weighted by Crippen LogP contribution is 2.04. The molecule has 2 unspecified atom stereocenters. The van der Waals surface area contributed by atoms with Crippen LogP contribution >= 0.6 is 11.8 Å². The SMILES string of the molecule is CCC(CSC)NC(C)CC(=O)N(C)C. The Bertz CT molecular complexity index is 185.